The zero-order valence-corrected chi connectivity index (χ0v) is 11.2. The maximum absolute atomic E-state index is 13.6. The van der Waals surface area contributed by atoms with Crippen molar-refractivity contribution >= 4 is 23.3 Å². The smallest absolute Gasteiger partial charge is 0.335 e. The Balaban J connectivity index is 2.24. The Labute approximate surface area is 123 Å². The molecule has 0 fully saturated rings. The van der Waals surface area contributed by atoms with Crippen LogP contribution < -0.4 is 5.32 Å². The lowest BCUT2D eigenvalue weighted by Gasteiger charge is -2.11. The quantitative estimate of drug-likeness (QED) is 0.894. The second kappa shape index (κ2) is 6.05. The number of carbonyl (C=O) groups is 1. The fraction of sp³-hybridized carbons (Fsp3) is 0.0714. The summed E-state index contributed by atoms with van der Waals surface area (Å²) in [5, 5.41) is 11.2. The maximum atomic E-state index is 13.6. The fourth-order valence-electron chi connectivity index (χ4n) is 1.74. The molecule has 0 aliphatic carbocycles. The minimum Gasteiger partial charge on any atom is -0.478 e. The van der Waals surface area contributed by atoms with E-state index in [0.717, 1.165) is 24.3 Å². The van der Waals surface area contributed by atoms with Gasteiger partial charge in [0.25, 0.3) is 0 Å². The lowest BCUT2D eigenvalue weighted by Crippen LogP contribution is -2.06. The molecule has 0 aromatic heterocycles. The number of anilines is 1. The lowest BCUT2D eigenvalue weighted by molar-refractivity contribution is 0.0696. The van der Waals surface area contributed by atoms with Crippen LogP contribution in [0.5, 0.6) is 0 Å². The van der Waals surface area contributed by atoms with E-state index < -0.39 is 23.4 Å². The first-order valence-electron chi connectivity index (χ1n) is 5.78. The number of carboxylic acids is 1. The lowest BCUT2D eigenvalue weighted by atomic mass is 10.1. The van der Waals surface area contributed by atoms with E-state index in [0.29, 0.717) is 6.07 Å². The van der Waals surface area contributed by atoms with Gasteiger partial charge in [0.05, 0.1) is 16.3 Å². The van der Waals surface area contributed by atoms with Crippen LogP contribution in [0.25, 0.3) is 0 Å². The predicted octanol–water partition coefficient (Wildman–Crippen LogP) is 4.07. The molecule has 0 bridgehead atoms. The van der Waals surface area contributed by atoms with E-state index in [9.17, 15) is 18.0 Å². The van der Waals surface area contributed by atoms with Gasteiger partial charge in [0.2, 0.25) is 0 Å². The van der Waals surface area contributed by atoms with E-state index in [4.69, 9.17) is 16.7 Å². The Morgan fingerprint density at radius 2 is 1.86 bits per heavy atom. The summed E-state index contributed by atoms with van der Waals surface area (Å²) < 4.78 is 40.0. The van der Waals surface area contributed by atoms with Crippen LogP contribution >= 0.6 is 11.6 Å². The standard InChI is InChI=1S/C14H9ClF3NO2/c15-10-4-9(16)5-12(18)13(10)19-6-8-3-7(14(20)21)1-2-11(8)17/h1-5,19H,6H2,(H,20,21). The van der Waals surface area contributed by atoms with Crippen molar-refractivity contribution in [2.75, 3.05) is 5.32 Å². The van der Waals surface area contributed by atoms with Crippen molar-refractivity contribution < 1.29 is 23.1 Å². The third-order valence-corrected chi connectivity index (χ3v) is 3.05. The highest BCUT2D eigenvalue weighted by molar-refractivity contribution is 6.33. The van der Waals surface area contributed by atoms with Crippen molar-refractivity contribution in [1.82, 2.24) is 0 Å². The summed E-state index contributed by atoms with van der Waals surface area (Å²) in [4.78, 5) is 10.8. The second-order valence-electron chi connectivity index (χ2n) is 4.21. The first-order valence-corrected chi connectivity index (χ1v) is 6.16. The highest BCUT2D eigenvalue weighted by Gasteiger charge is 2.12. The van der Waals surface area contributed by atoms with Crippen LogP contribution in [-0.2, 0) is 6.54 Å². The number of aromatic carboxylic acids is 1. The van der Waals surface area contributed by atoms with Crippen molar-refractivity contribution in [3.05, 3.63) is 63.9 Å². The summed E-state index contributed by atoms with van der Waals surface area (Å²) in [5.74, 6) is -3.61. The van der Waals surface area contributed by atoms with Crippen LogP contribution in [0.3, 0.4) is 0 Å². The molecule has 3 nitrogen and oxygen atoms in total. The van der Waals surface area contributed by atoms with Crippen molar-refractivity contribution in [2.24, 2.45) is 0 Å². The average Bonchev–Trinajstić information content (AvgIpc) is 2.39. The summed E-state index contributed by atoms with van der Waals surface area (Å²) in [7, 11) is 0. The van der Waals surface area contributed by atoms with Crippen LogP contribution in [0.4, 0.5) is 18.9 Å². The van der Waals surface area contributed by atoms with Crippen molar-refractivity contribution in [3.63, 3.8) is 0 Å². The van der Waals surface area contributed by atoms with Crippen LogP contribution in [-0.4, -0.2) is 11.1 Å². The maximum Gasteiger partial charge on any atom is 0.335 e. The van der Waals surface area contributed by atoms with Gasteiger partial charge in [-0.25, -0.2) is 18.0 Å². The first-order chi connectivity index (χ1) is 9.88. The van der Waals surface area contributed by atoms with Crippen molar-refractivity contribution in [1.29, 1.82) is 0 Å². The van der Waals surface area contributed by atoms with Gasteiger partial charge >= 0.3 is 5.97 Å². The molecule has 2 rings (SSSR count). The average molecular weight is 316 g/mol. The van der Waals surface area contributed by atoms with Gasteiger partial charge in [0.15, 0.2) is 5.82 Å². The van der Waals surface area contributed by atoms with Crippen molar-refractivity contribution in [2.45, 2.75) is 6.54 Å². The highest BCUT2D eigenvalue weighted by Crippen LogP contribution is 2.27. The Morgan fingerprint density at radius 3 is 2.48 bits per heavy atom. The number of benzene rings is 2. The largest absolute Gasteiger partial charge is 0.478 e. The highest BCUT2D eigenvalue weighted by atomic mass is 35.5. The monoisotopic (exact) mass is 315 g/mol. The predicted molar refractivity (Wildman–Crippen MR) is 72.1 cm³/mol. The van der Waals surface area contributed by atoms with Crippen LogP contribution in [0.2, 0.25) is 5.02 Å². The van der Waals surface area contributed by atoms with Gasteiger partial charge < -0.3 is 10.4 Å². The molecule has 2 aromatic carbocycles. The topological polar surface area (TPSA) is 49.3 Å². The Bertz CT molecular complexity index is 684. The molecule has 0 atom stereocenters. The van der Waals surface area contributed by atoms with Gasteiger partial charge in [0.1, 0.15) is 11.6 Å². The van der Waals surface area contributed by atoms with Gasteiger partial charge in [-0.1, -0.05) is 11.6 Å². The minimum atomic E-state index is -1.21. The third kappa shape index (κ3) is 3.46. The molecule has 0 aliphatic heterocycles. The van der Waals surface area contributed by atoms with Gasteiger partial charge in [0, 0.05) is 18.2 Å². The van der Waals surface area contributed by atoms with Crippen LogP contribution in [0.15, 0.2) is 30.3 Å². The molecule has 2 N–H and O–H groups in total. The molecular formula is C14H9ClF3NO2. The first kappa shape index (κ1) is 15.2. The summed E-state index contributed by atoms with van der Waals surface area (Å²) in [6, 6.07) is 4.80. The van der Waals surface area contributed by atoms with Gasteiger partial charge in [-0.05, 0) is 24.3 Å². The fourth-order valence-corrected chi connectivity index (χ4v) is 2.00. The second-order valence-corrected chi connectivity index (χ2v) is 4.62. The number of carboxylic acid groups (broad SMARTS) is 1. The number of hydrogen-bond acceptors (Lipinski definition) is 2. The normalized spacial score (nSPS) is 10.5. The molecule has 2 aromatic rings. The van der Waals surface area contributed by atoms with Crippen LogP contribution in [0.1, 0.15) is 15.9 Å². The molecule has 0 unspecified atom stereocenters. The van der Waals surface area contributed by atoms with Gasteiger partial charge in [-0.15, -0.1) is 0 Å². The minimum absolute atomic E-state index is 0.0229. The molecule has 0 saturated heterocycles. The summed E-state index contributed by atoms with van der Waals surface area (Å²) in [6.45, 7) is -0.199. The third-order valence-electron chi connectivity index (χ3n) is 2.76. The molecule has 0 spiro atoms. The Morgan fingerprint density at radius 1 is 1.14 bits per heavy atom. The molecule has 0 aliphatic rings. The van der Waals surface area contributed by atoms with Crippen LogP contribution in [0, 0.1) is 17.5 Å². The number of nitrogens with one attached hydrogen (secondary N) is 1. The van der Waals surface area contributed by atoms with E-state index in [1.165, 1.54) is 0 Å². The van der Waals surface area contributed by atoms with E-state index in [-0.39, 0.29) is 28.4 Å². The summed E-state index contributed by atoms with van der Waals surface area (Å²) in [6.07, 6.45) is 0. The molecule has 0 saturated carbocycles. The molecule has 0 heterocycles. The van der Waals surface area contributed by atoms with E-state index in [2.05, 4.69) is 5.32 Å². The zero-order valence-electron chi connectivity index (χ0n) is 10.5. The summed E-state index contributed by atoms with van der Waals surface area (Å²) >= 11 is 5.69. The van der Waals surface area contributed by atoms with Gasteiger partial charge in [-0.3, -0.25) is 0 Å². The van der Waals surface area contributed by atoms with Gasteiger partial charge in [-0.2, -0.15) is 0 Å². The SMILES string of the molecule is O=C(O)c1ccc(F)c(CNc2c(F)cc(F)cc2Cl)c1. The number of hydrogen-bond donors (Lipinski definition) is 2. The summed E-state index contributed by atoms with van der Waals surface area (Å²) in [5.41, 5.74) is -0.258. The molecule has 110 valence electrons. The number of rotatable bonds is 4. The molecule has 0 radical (unpaired) electrons. The zero-order chi connectivity index (χ0) is 15.6. The molecule has 0 amide bonds. The van der Waals surface area contributed by atoms with E-state index >= 15 is 0 Å². The van der Waals surface area contributed by atoms with E-state index in [1.54, 1.807) is 0 Å². The Kier molecular flexibility index (Phi) is 4.37. The Hall–Kier alpha value is -2.21. The van der Waals surface area contributed by atoms with Crippen molar-refractivity contribution in [3.8, 4) is 0 Å². The number of halogens is 4. The molecular weight excluding hydrogens is 307 g/mol. The van der Waals surface area contributed by atoms with E-state index in [1.807, 2.05) is 0 Å². The molecule has 7 heteroatoms. The molecule has 21 heavy (non-hydrogen) atoms.